The van der Waals surface area contributed by atoms with Crippen LogP contribution in [-0.4, -0.2) is 24.0 Å². The molecule has 1 unspecified atom stereocenters. The fourth-order valence-electron chi connectivity index (χ4n) is 1.66. The molecule has 0 radical (unpaired) electrons. The molecule has 0 fully saturated rings. The first kappa shape index (κ1) is 19.2. The normalized spacial score (nSPS) is 13.8. The molecule has 0 aromatic rings. The van der Waals surface area contributed by atoms with Crippen LogP contribution >= 0.6 is 0 Å². The van der Waals surface area contributed by atoms with Crippen LogP contribution in [0.3, 0.4) is 0 Å². The van der Waals surface area contributed by atoms with Crippen molar-refractivity contribution in [2.24, 2.45) is 0 Å². The lowest BCUT2D eigenvalue weighted by molar-refractivity contribution is -0.109. The molecule has 4 heteroatoms. The molecule has 4 nitrogen and oxygen atoms in total. The summed E-state index contributed by atoms with van der Waals surface area (Å²) in [6, 6.07) is -0.561. The number of allylic oxidation sites excluding steroid dienone is 4. The van der Waals surface area contributed by atoms with Gasteiger partial charge in [0.1, 0.15) is 11.9 Å². The van der Waals surface area contributed by atoms with Gasteiger partial charge in [-0.2, -0.15) is 0 Å². The van der Waals surface area contributed by atoms with E-state index in [0.29, 0.717) is 6.42 Å². The van der Waals surface area contributed by atoms with E-state index in [1.54, 1.807) is 26.8 Å². The van der Waals surface area contributed by atoms with Gasteiger partial charge in [0.15, 0.2) is 0 Å². The van der Waals surface area contributed by atoms with Crippen molar-refractivity contribution in [2.45, 2.75) is 58.6 Å². The highest BCUT2D eigenvalue weighted by molar-refractivity contribution is 5.73. The highest BCUT2D eigenvalue weighted by Gasteiger charge is 2.19. The standard InChI is InChI=1S/C17H27NO3/c1-6-8-9-10-11-14(7-2)12-15(13-19)18-16(20)21-17(3,4)5/h6,8-9,11,13,15H,1,7,10,12H2,2-5H3,(H,18,20)/b9-8-,14-11+. The molecular weight excluding hydrogens is 266 g/mol. The largest absolute Gasteiger partial charge is 0.444 e. The van der Waals surface area contributed by atoms with E-state index in [4.69, 9.17) is 4.74 Å². The molecule has 1 atom stereocenters. The first-order chi connectivity index (χ1) is 9.82. The Morgan fingerprint density at radius 1 is 1.38 bits per heavy atom. The van der Waals surface area contributed by atoms with Crippen molar-refractivity contribution in [1.82, 2.24) is 5.32 Å². The van der Waals surface area contributed by atoms with Gasteiger partial charge in [0.2, 0.25) is 0 Å². The smallest absolute Gasteiger partial charge is 0.408 e. The quantitative estimate of drug-likeness (QED) is 0.419. The van der Waals surface area contributed by atoms with E-state index in [1.165, 1.54) is 0 Å². The maximum absolute atomic E-state index is 11.7. The fourth-order valence-corrected chi connectivity index (χ4v) is 1.66. The molecule has 1 N–H and O–H groups in total. The van der Waals surface area contributed by atoms with Crippen molar-refractivity contribution in [3.8, 4) is 0 Å². The van der Waals surface area contributed by atoms with E-state index in [-0.39, 0.29) is 0 Å². The molecule has 21 heavy (non-hydrogen) atoms. The molecule has 0 bridgehead atoms. The number of carbonyl (C=O) groups is 2. The van der Waals surface area contributed by atoms with Crippen LogP contribution in [0.15, 0.2) is 36.5 Å². The number of rotatable bonds is 8. The van der Waals surface area contributed by atoms with Crippen LogP contribution in [-0.2, 0) is 9.53 Å². The lowest BCUT2D eigenvalue weighted by Gasteiger charge is -2.21. The van der Waals surface area contributed by atoms with Crippen LogP contribution < -0.4 is 5.32 Å². The zero-order chi connectivity index (χ0) is 16.3. The minimum atomic E-state index is -0.573. The van der Waals surface area contributed by atoms with Gasteiger partial charge in [-0.3, -0.25) is 0 Å². The molecule has 0 heterocycles. The fraction of sp³-hybridized carbons (Fsp3) is 0.529. The average Bonchev–Trinajstić information content (AvgIpc) is 2.38. The van der Waals surface area contributed by atoms with E-state index in [2.05, 4.69) is 18.0 Å². The number of amides is 1. The van der Waals surface area contributed by atoms with E-state index >= 15 is 0 Å². The Morgan fingerprint density at radius 2 is 2.05 bits per heavy atom. The Kier molecular flexibility index (Phi) is 9.10. The van der Waals surface area contributed by atoms with Crippen LogP contribution in [0.1, 0.15) is 47.0 Å². The summed E-state index contributed by atoms with van der Waals surface area (Å²) in [5.41, 5.74) is 0.549. The Balaban J connectivity index is 4.51. The van der Waals surface area contributed by atoms with Crippen LogP contribution in [0.25, 0.3) is 0 Å². The number of hydrogen-bond acceptors (Lipinski definition) is 3. The van der Waals surface area contributed by atoms with Crippen molar-refractivity contribution >= 4 is 12.4 Å². The monoisotopic (exact) mass is 293 g/mol. The molecule has 0 aliphatic rings. The molecule has 1 amide bonds. The summed E-state index contributed by atoms with van der Waals surface area (Å²) in [7, 11) is 0. The molecule has 0 saturated carbocycles. The number of nitrogens with one attached hydrogen (secondary N) is 1. The summed E-state index contributed by atoms with van der Waals surface area (Å²) in [4.78, 5) is 22.8. The summed E-state index contributed by atoms with van der Waals surface area (Å²) in [5.74, 6) is 0. The number of hydrogen-bond donors (Lipinski definition) is 1. The minimum absolute atomic E-state index is 0.501. The highest BCUT2D eigenvalue weighted by atomic mass is 16.6. The van der Waals surface area contributed by atoms with Gasteiger partial charge in [-0.25, -0.2) is 4.79 Å². The van der Waals surface area contributed by atoms with E-state index in [0.717, 1.165) is 24.7 Å². The predicted octanol–water partition coefficient (Wildman–Crippen LogP) is 3.94. The van der Waals surface area contributed by atoms with Gasteiger partial charge in [0.25, 0.3) is 0 Å². The average molecular weight is 293 g/mol. The summed E-state index contributed by atoms with van der Waals surface area (Å²) >= 11 is 0. The molecule has 0 spiro atoms. The van der Waals surface area contributed by atoms with E-state index < -0.39 is 17.7 Å². The Labute approximate surface area is 127 Å². The molecule has 0 aliphatic carbocycles. The van der Waals surface area contributed by atoms with E-state index in [1.807, 2.05) is 19.1 Å². The lowest BCUT2D eigenvalue weighted by Crippen LogP contribution is -2.40. The predicted molar refractivity (Wildman–Crippen MR) is 86.2 cm³/mol. The van der Waals surface area contributed by atoms with Gasteiger partial charge in [0, 0.05) is 0 Å². The summed E-state index contributed by atoms with van der Waals surface area (Å²) in [6.07, 6.45) is 9.94. The third kappa shape index (κ3) is 10.6. The van der Waals surface area contributed by atoms with Crippen molar-refractivity contribution in [3.05, 3.63) is 36.5 Å². The number of ether oxygens (including phenoxy) is 1. The number of aldehydes is 1. The first-order valence-corrected chi connectivity index (χ1v) is 7.22. The molecule has 0 aliphatic heterocycles. The summed E-state index contributed by atoms with van der Waals surface area (Å²) in [5, 5.41) is 2.59. The van der Waals surface area contributed by atoms with Gasteiger partial charge >= 0.3 is 6.09 Å². The molecule has 0 aromatic heterocycles. The van der Waals surface area contributed by atoms with Crippen molar-refractivity contribution in [3.63, 3.8) is 0 Å². The van der Waals surface area contributed by atoms with Gasteiger partial charge in [0.05, 0.1) is 6.04 Å². The second-order valence-electron chi connectivity index (χ2n) is 5.71. The van der Waals surface area contributed by atoms with Crippen molar-refractivity contribution < 1.29 is 14.3 Å². The third-order valence-electron chi connectivity index (χ3n) is 2.62. The lowest BCUT2D eigenvalue weighted by atomic mass is 10.0. The zero-order valence-corrected chi connectivity index (χ0v) is 13.5. The number of alkyl carbamates (subject to hydrolysis) is 1. The molecule has 0 rings (SSSR count). The molecular formula is C17H27NO3. The third-order valence-corrected chi connectivity index (χ3v) is 2.62. The Bertz CT molecular complexity index is 403. The second kappa shape index (κ2) is 9.97. The van der Waals surface area contributed by atoms with Crippen LogP contribution in [0.2, 0.25) is 0 Å². The van der Waals surface area contributed by atoms with Gasteiger partial charge in [-0.05, 0) is 40.0 Å². The van der Waals surface area contributed by atoms with E-state index in [9.17, 15) is 9.59 Å². The topological polar surface area (TPSA) is 55.4 Å². The summed E-state index contributed by atoms with van der Waals surface area (Å²) in [6.45, 7) is 11.0. The second-order valence-corrected chi connectivity index (χ2v) is 5.71. The molecule has 0 saturated heterocycles. The Hall–Kier alpha value is -1.84. The first-order valence-electron chi connectivity index (χ1n) is 7.22. The Morgan fingerprint density at radius 3 is 2.52 bits per heavy atom. The highest BCUT2D eigenvalue weighted by Crippen LogP contribution is 2.12. The SMILES string of the molecule is C=C/C=C\C/C=C(\CC)CC(C=O)NC(=O)OC(C)(C)C. The van der Waals surface area contributed by atoms with Crippen LogP contribution in [0, 0.1) is 0 Å². The van der Waals surface area contributed by atoms with Crippen molar-refractivity contribution in [1.29, 1.82) is 0 Å². The minimum Gasteiger partial charge on any atom is -0.444 e. The zero-order valence-electron chi connectivity index (χ0n) is 13.5. The van der Waals surface area contributed by atoms with Gasteiger partial charge < -0.3 is 14.8 Å². The maximum atomic E-state index is 11.7. The molecule has 118 valence electrons. The van der Waals surface area contributed by atoms with Crippen LogP contribution in [0.4, 0.5) is 4.79 Å². The summed E-state index contributed by atoms with van der Waals surface area (Å²) < 4.78 is 5.15. The van der Waals surface area contributed by atoms with Crippen molar-refractivity contribution in [2.75, 3.05) is 0 Å². The molecule has 0 aromatic carbocycles. The van der Waals surface area contributed by atoms with Gasteiger partial charge in [-0.1, -0.05) is 43.4 Å². The van der Waals surface area contributed by atoms with Gasteiger partial charge in [-0.15, -0.1) is 0 Å². The maximum Gasteiger partial charge on any atom is 0.408 e. The van der Waals surface area contributed by atoms with Crippen LogP contribution in [0.5, 0.6) is 0 Å². The number of carbonyl (C=O) groups excluding carboxylic acids is 2.